The van der Waals surface area contributed by atoms with Crippen molar-refractivity contribution >= 4 is 11.9 Å². The molecule has 156 valence electrons. The lowest BCUT2D eigenvalue weighted by Gasteiger charge is -2.20. The van der Waals surface area contributed by atoms with E-state index < -0.39 is 18.4 Å². The fourth-order valence-corrected chi connectivity index (χ4v) is 2.75. The number of nitrogens with one attached hydrogen (secondary N) is 2. The van der Waals surface area contributed by atoms with Crippen LogP contribution >= 0.6 is 0 Å². The SMILES string of the molecule is O=C(NC[C@@H](Nc1ncc(-c2nnc(C(F)F)o2)cn1)c1ccc(F)cc1)C1CC1. The Morgan fingerprint density at radius 3 is 2.43 bits per heavy atom. The van der Waals surface area contributed by atoms with Gasteiger partial charge in [-0.05, 0) is 30.5 Å². The summed E-state index contributed by atoms with van der Waals surface area (Å²) in [5.41, 5.74) is 1.01. The molecule has 1 amide bonds. The smallest absolute Gasteiger partial charge is 0.314 e. The van der Waals surface area contributed by atoms with Gasteiger partial charge in [-0.2, -0.15) is 8.78 Å². The van der Waals surface area contributed by atoms with Crippen LogP contribution in [0, 0.1) is 11.7 Å². The van der Waals surface area contributed by atoms with Crippen LogP contribution < -0.4 is 10.6 Å². The number of carbonyl (C=O) groups excluding carboxylic acids is 1. The van der Waals surface area contributed by atoms with Gasteiger partial charge in [0.2, 0.25) is 11.9 Å². The molecule has 2 N–H and O–H groups in total. The van der Waals surface area contributed by atoms with Crippen molar-refractivity contribution in [3.05, 3.63) is 53.9 Å². The van der Waals surface area contributed by atoms with Crippen molar-refractivity contribution in [2.24, 2.45) is 5.92 Å². The molecule has 0 unspecified atom stereocenters. The zero-order valence-corrected chi connectivity index (χ0v) is 15.6. The van der Waals surface area contributed by atoms with Gasteiger partial charge in [-0.1, -0.05) is 12.1 Å². The van der Waals surface area contributed by atoms with Crippen molar-refractivity contribution in [2.75, 3.05) is 11.9 Å². The first-order chi connectivity index (χ1) is 14.5. The second-order valence-corrected chi connectivity index (χ2v) is 6.81. The van der Waals surface area contributed by atoms with Gasteiger partial charge in [0.05, 0.1) is 11.6 Å². The van der Waals surface area contributed by atoms with Crippen molar-refractivity contribution in [3.8, 4) is 11.5 Å². The molecule has 8 nitrogen and oxygen atoms in total. The molecule has 0 saturated heterocycles. The highest BCUT2D eigenvalue weighted by Crippen LogP contribution is 2.29. The molecule has 0 radical (unpaired) electrons. The van der Waals surface area contributed by atoms with Crippen LogP contribution in [0.2, 0.25) is 0 Å². The zero-order chi connectivity index (χ0) is 21.1. The van der Waals surface area contributed by atoms with E-state index in [1.807, 2.05) is 0 Å². The summed E-state index contributed by atoms with van der Waals surface area (Å²) in [6.45, 7) is 0.257. The van der Waals surface area contributed by atoms with Crippen LogP contribution in [-0.2, 0) is 4.79 Å². The molecule has 2 heterocycles. The minimum absolute atomic E-state index is 0.0218. The van der Waals surface area contributed by atoms with E-state index in [2.05, 4.69) is 30.8 Å². The molecule has 1 aliphatic rings. The van der Waals surface area contributed by atoms with E-state index in [9.17, 15) is 18.0 Å². The van der Waals surface area contributed by atoms with Crippen LogP contribution in [-0.4, -0.2) is 32.6 Å². The lowest BCUT2D eigenvalue weighted by atomic mass is 10.1. The summed E-state index contributed by atoms with van der Waals surface area (Å²) >= 11 is 0. The second kappa shape index (κ2) is 8.47. The van der Waals surface area contributed by atoms with E-state index in [1.54, 1.807) is 12.1 Å². The van der Waals surface area contributed by atoms with Gasteiger partial charge < -0.3 is 15.1 Å². The molecular formula is C19H17F3N6O2. The molecular weight excluding hydrogens is 401 g/mol. The molecule has 30 heavy (non-hydrogen) atoms. The molecule has 1 atom stereocenters. The van der Waals surface area contributed by atoms with Crippen LogP contribution in [0.3, 0.4) is 0 Å². The Hall–Kier alpha value is -3.50. The van der Waals surface area contributed by atoms with E-state index in [0.717, 1.165) is 18.4 Å². The van der Waals surface area contributed by atoms with Crippen molar-refractivity contribution < 1.29 is 22.4 Å². The molecule has 1 saturated carbocycles. The average molecular weight is 418 g/mol. The Kier molecular flexibility index (Phi) is 5.59. The van der Waals surface area contributed by atoms with Crippen LogP contribution in [0.25, 0.3) is 11.5 Å². The fraction of sp³-hybridized carbons (Fsp3) is 0.316. The van der Waals surface area contributed by atoms with E-state index in [4.69, 9.17) is 4.42 Å². The predicted octanol–water partition coefficient (Wildman–Crippen LogP) is 3.28. The highest BCUT2D eigenvalue weighted by atomic mass is 19.3. The molecule has 1 aliphatic carbocycles. The van der Waals surface area contributed by atoms with Gasteiger partial charge >= 0.3 is 6.43 Å². The number of rotatable bonds is 8. The Labute approximate surface area is 168 Å². The quantitative estimate of drug-likeness (QED) is 0.578. The van der Waals surface area contributed by atoms with Gasteiger partial charge in [0.1, 0.15) is 5.82 Å². The standard InChI is InChI=1S/C19H17F3N6O2/c20-13-5-3-10(4-6-13)14(9-23-16(29)11-1-2-11)26-19-24-7-12(8-25-19)17-27-28-18(30-17)15(21)22/h3-8,11,14-15H,1-2,9H2,(H,23,29)(H,24,25,26)/t14-/m1/s1. The topological polar surface area (TPSA) is 106 Å². The molecule has 0 bridgehead atoms. The van der Waals surface area contributed by atoms with Gasteiger partial charge in [0.15, 0.2) is 0 Å². The third-order valence-corrected chi connectivity index (χ3v) is 4.53. The minimum atomic E-state index is -2.87. The number of halogens is 3. The Balaban J connectivity index is 1.48. The maximum absolute atomic E-state index is 13.3. The molecule has 3 aromatic rings. The fourth-order valence-electron chi connectivity index (χ4n) is 2.75. The van der Waals surface area contributed by atoms with E-state index in [1.165, 1.54) is 24.5 Å². The zero-order valence-electron chi connectivity index (χ0n) is 15.6. The molecule has 1 fully saturated rings. The molecule has 0 aliphatic heterocycles. The lowest BCUT2D eigenvalue weighted by Crippen LogP contribution is -2.32. The third-order valence-electron chi connectivity index (χ3n) is 4.53. The van der Waals surface area contributed by atoms with Gasteiger partial charge in [-0.15, -0.1) is 10.2 Å². The highest BCUT2D eigenvalue weighted by molar-refractivity contribution is 5.80. The Morgan fingerprint density at radius 2 is 1.83 bits per heavy atom. The van der Waals surface area contributed by atoms with Gasteiger partial charge in [-0.25, -0.2) is 14.4 Å². The maximum Gasteiger partial charge on any atom is 0.314 e. The van der Waals surface area contributed by atoms with Crippen molar-refractivity contribution in [1.29, 1.82) is 0 Å². The number of amides is 1. The van der Waals surface area contributed by atoms with Gasteiger partial charge in [0.25, 0.3) is 11.8 Å². The Morgan fingerprint density at radius 1 is 1.13 bits per heavy atom. The largest absolute Gasteiger partial charge is 0.415 e. The number of alkyl halides is 2. The first kappa shape index (κ1) is 19.8. The van der Waals surface area contributed by atoms with E-state index in [-0.39, 0.29) is 41.6 Å². The molecule has 0 spiro atoms. The number of hydrogen-bond donors (Lipinski definition) is 2. The molecule has 1 aromatic carbocycles. The summed E-state index contributed by atoms with van der Waals surface area (Å²) in [5, 5.41) is 12.8. The van der Waals surface area contributed by atoms with E-state index >= 15 is 0 Å². The van der Waals surface area contributed by atoms with Crippen molar-refractivity contribution in [2.45, 2.75) is 25.3 Å². The van der Waals surface area contributed by atoms with Crippen molar-refractivity contribution in [1.82, 2.24) is 25.5 Å². The van der Waals surface area contributed by atoms with Gasteiger partial charge in [0, 0.05) is 24.9 Å². The normalized spacial score (nSPS) is 14.5. The number of aromatic nitrogens is 4. The molecule has 2 aromatic heterocycles. The number of nitrogens with zero attached hydrogens (tertiary/aromatic N) is 4. The number of anilines is 1. The molecule has 4 rings (SSSR count). The average Bonchev–Trinajstić information content (AvgIpc) is 3.48. The highest BCUT2D eigenvalue weighted by Gasteiger charge is 2.30. The lowest BCUT2D eigenvalue weighted by molar-refractivity contribution is -0.122. The summed E-state index contributed by atoms with van der Waals surface area (Å²) in [7, 11) is 0. The summed E-state index contributed by atoms with van der Waals surface area (Å²) in [4.78, 5) is 20.3. The maximum atomic E-state index is 13.3. The van der Waals surface area contributed by atoms with Gasteiger partial charge in [-0.3, -0.25) is 4.79 Å². The predicted molar refractivity (Wildman–Crippen MR) is 98.8 cm³/mol. The summed E-state index contributed by atoms with van der Waals surface area (Å²) in [6, 6.07) is 5.46. The van der Waals surface area contributed by atoms with E-state index in [0.29, 0.717) is 0 Å². The minimum Gasteiger partial charge on any atom is -0.415 e. The number of benzene rings is 1. The summed E-state index contributed by atoms with van der Waals surface area (Å²) in [5.74, 6) is -1.02. The van der Waals surface area contributed by atoms with Crippen LogP contribution in [0.4, 0.5) is 19.1 Å². The van der Waals surface area contributed by atoms with Crippen LogP contribution in [0.15, 0.2) is 41.1 Å². The summed E-state index contributed by atoms with van der Waals surface area (Å²) in [6.07, 6.45) is 1.60. The third kappa shape index (κ3) is 4.73. The number of carbonyl (C=O) groups is 1. The van der Waals surface area contributed by atoms with Crippen molar-refractivity contribution in [3.63, 3.8) is 0 Å². The van der Waals surface area contributed by atoms with Crippen LogP contribution in [0.1, 0.15) is 36.8 Å². The first-order valence-corrected chi connectivity index (χ1v) is 9.23. The Bertz CT molecular complexity index is 1010. The molecule has 11 heteroatoms. The number of hydrogen-bond acceptors (Lipinski definition) is 7. The second-order valence-electron chi connectivity index (χ2n) is 6.81. The first-order valence-electron chi connectivity index (χ1n) is 9.23. The monoisotopic (exact) mass is 418 g/mol. The summed E-state index contributed by atoms with van der Waals surface area (Å²) < 4.78 is 43.3. The van der Waals surface area contributed by atoms with Crippen LogP contribution in [0.5, 0.6) is 0 Å².